The van der Waals surface area contributed by atoms with Gasteiger partial charge in [0.2, 0.25) is 11.8 Å². The Hall–Kier alpha value is -1.62. The van der Waals surface area contributed by atoms with Crippen LogP contribution in [-0.4, -0.2) is 170 Å². The third-order valence-corrected chi connectivity index (χ3v) is 6.90. The largest absolute Gasteiger partial charge is 0.394 e. The molecule has 3 saturated heterocycles. The summed E-state index contributed by atoms with van der Waals surface area (Å²) in [5.74, 6) is -1.33. The predicted molar refractivity (Wildman–Crippen MR) is 124 cm³/mol. The number of rotatable bonds is 9. The van der Waals surface area contributed by atoms with Gasteiger partial charge in [-0.05, 0) is 0 Å². The van der Waals surface area contributed by atoms with Crippen molar-refractivity contribution in [3.8, 4) is 0 Å². The molecule has 0 aromatic carbocycles. The number of ether oxygens (including phenoxy) is 5. The van der Waals surface area contributed by atoms with Crippen molar-refractivity contribution in [3.63, 3.8) is 0 Å². The monoisotopic (exact) mass is 586 g/mol. The second kappa shape index (κ2) is 14.0. The Morgan fingerprint density at radius 3 is 1.57 bits per heavy atom. The Balaban J connectivity index is 1.95. The molecule has 11 N–H and O–H groups in total. The molecule has 232 valence electrons. The Kier molecular flexibility index (Phi) is 11.5. The van der Waals surface area contributed by atoms with Crippen LogP contribution < -0.4 is 10.6 Å². The summed E-state index contributed by atoms with van der Waals surface area (Å²) in [5.41, 5.74) is 0. The molecule has 0 unspecified atom stereocenters. The molecule has 0 aromatic rings. The van der Waals surface area contributed by atoms with Crippen LogP contribution >= 0.6 is 0 Å². The summed E-state index contributed by atoms with van der Waals surface area (Å²) in [6.45, 7) is -0.153. The minimum Gasteiger partial charge on any atom is -0.394 e. The van der Waals surface area contributed by atoms with E-state index in [0.717, 1.165) is 13.8 Å². The fourth-order valence-corrected chi connectivity index (χ4v) is 4.84. The van der Waals surface area contributed by atoms with Gasteiger partial charge >= 0.3 is 0 Å². The SMILES string of the molecule is CC(=O)N[C@@H]1[C@@H](O[C@@H]2O[C@H](CO)[C@H](O)[C@H](O)[C@H]2O[C@@H]2O[C@H](CO)[C@@H](O)[C@H](O)[C@H]2NC(C)=O)[C@@H](O)[C@@H](CO)O[C@H]1O. The molecule has 3 aliphatic heterocycles. The highest BCUT2D eigenvalue weighted by molar-refractivity contribution is 5.73. The summed E-state index contributed by atoms with van der Waals surface area (Å²) in [7, 11) is 0. The number of nitrogens with one attached hydrogen (secondary N) is 2. The van der Waals surface area contributed by atoms with Gasteiger partial charge in [-0.25, -0.2) is 0 Å². The lowest BCUT2D eigenvalue weighted by molar-refractivity contribution is -0.373. The van der Waals surface area contributed by atoms with E-state index < -0.39 is 124 Å². The third-order valence-electron chi connectivity index (χ3n) is 6.90. The van der Waals surface area contributed by atoms with Gasteiger partial charge in [-0.3, -0.25) is 9.59 Å². The molecular weight excluding hydrogens is 548 g/mol. The smallest absolute Gasteiger partial charge is 0.217 e. The Morgan fingerprint density at radius 2 is 1.05 bits per heavy atom. The van der Waals surface area contributed by atoms with Crippen LogP contribution in [0.25, 0.3) is 0 Å². The van der Waals surface area contributed by atoms with E-state index in [1.54, 1.807) is 0 Å². The number of carbonyl (C=O) groups is 2. The van der Waals surface area contributed by atoms with Crippen molar-refractivity contribution in [2.45, 2.75) is 106 Å². The molecule has 3 aliphatic rings. The first kappa shape index (κ1) is 32.9. The zero-order valence-corrected chi connectivity index (χ0v) is 21.7. The quantitative estimate of drug-likeness (QED) is 0.120. The van der Waals surface area contributed by atoms with E-state index >= 15 is 0 Å². The molecule has 0 bridgehead atoms. The normalized spacial score (nSPS) is 46.0. The van der Waals surface area contributed by atoms with Crippen LogP contribution in [0.1, 0.15) is 13.8 Å². The maximum absolute atomic E-state index is 11.8. The highest BCUT2D eigenvalue weighted by atomic mass is 16.8. The highest BCUT2D eigenvalue weighted by Gasteiger charge is 2.54. The fourth-order valence-electron chi connectivity index (χ4n) is 4.84. The maximum atomic E-state index is 11.8. The lowest BCUT2D eigenvalue weighted by Gasteiger charge is -2.49. The number of hydrogen-bond acceptors (Lipinski definition) is 16. The fraction of sp³-hybridized carbons (Fsp3) is 0.909. The summed E-state index contributed by atoms with van der Waals surface area (Å²) < 4.78 is 27.8. The third kappa shape index (κ3) is 7.05. The van der Waals surface area contributed by atoms with Crippen LogP contribution in [0.2, 0.25) is 0 Å². The molecule has 2 amide bonds. The molecule has 3 fully saturated rings. The lowest BCUT2D eigenvalue weighted by Crippen LogP contribution is -2.69. The number of hydrogen-bond donors (Lipinski definition) is 11. The van der Waals surface area contributed by atoms with Crippen molar-refractivity contribution >= 4 is 11.8 Å². The minimum atomic E-state index is -1.90. The van der Waals surface area contributed by atoms with Crippen molar-refractivity contribution in [3.05, 3.63) is 0 Å². The second-order valence-corrected chi connectivity index (χ2v) is 9.81. The summed E-state index contributed by atoms with van der Waals surface area (Å²) in [6, 6.07) is -2.90. The van der Waals surface area contributed by atoms with E-state index in [2.05, 4.69) is 10.6 Å². The summed E-state index contributed by atoms with van der Waals surface area (Å²) >= 11 is 0. The summed E-state index contributed by atoms with van der Waals surface area (Å²) in [4.78, 5) is 23.6. The molecular formula is C22H38N2O16. The molecule has 0 saturated carbocycles. The van der Waals surface area contributed by atoms with Crippen LogP contribution in [0.5, 0.6) is 0 Å². The van der Waals surface area contributed by atoms with Crippen LogP contribution in [0.3, 0.4) is 0 Å². The number of amides is 2. The highest BCUT2D eigenvalue weighted by Crippen LogP contribution is 2.32. The molecule has 0 spiro atoms. The van der Waals surface area contributed by atoms with E-state index in [0.29, 0.717) is 0 Å². The first-order chi connectivity index (χ1) is 18.8. The van der Waals surface area contributed by atoms with Crippen molar-refractivity contribution in [2.24, 2.45) is 0 Å². The number of carbonyl (C=O) groups excluding carboxylic acids is 2. The van der Waals surface area contributed by atoms with E-state index in [1.807, 2.05) is 0 Å². The van der Waals surface area contributed by atoms with E-state index in [-0.39, 0.29) is 0 Å². The number of aliphatic hydroxyl groups excluding tert-OH is 9. The molecule has 3 heterocycles. The molecule has 40 heavy (non-hydrogen) atoms. The molecule has 0 aliphatic carbocycles. The van der Waals surface area contributed by atoms with Crippen molar-refractivity contribution in [1.82, 2.24) is 10.6 Å². The van der Waals surface area contributed by atoms with Gasteiger partial charge in [-0.2, -0.15) is 0 Å². The molecule has 15 atom stereocenters. The molecule has 18 nitrogen and oxygen atoms in total. The predicted octanol–water partition coefficient (Wildman–Crippen LogP) is -7.29. The number of aliphatic hydroxyl groups is 9. The van der Waals surface area contributed by atoms with Crippen LogP contribution in [0, 0.1) is 0 Å². The van der Waals surface area contributed by atoms with Gasteiger partial charge in [-0.1, -0.05) is 0 Å². The molecule has 0 radical (unpaired) electrons. The van der Waals surface area contributed by atoms with E-state index in [4.69, 9.17) is 23.7 Å². The summed E-state index contributed by atoms with van der Waals surface area (Å²) in [5, 5.41) is 96.9. The maximum Gasteiger partial charge on any atom is 0.217 e. The molecule has 3 rings (SSSR count). The average Bonchev–Trinajstić information content (AvgIpc) is 2.90. The first-order valence-corrected chi connectivity index (χ1v) is 12.6. The van der Waals surface area contributed by atoms with Crippen molar-refractivity contribution < 1.29 is 79.2 Å². The Labute approximate surface area is 228 Å². The zero-order chi connectivity index (χ0) is 29.9. The van der Waals surface area contributed by atoms with Gasteiger partial charge < -0.3 is 80.3 Å². The van der Waals surface area contributed by atoms with Crippen molar-refractivity contribution in [2.75, 3.05) is 19.8 Å². The minimum absolute atomic E-state index is 0.659. The van der Waals surface area contributed by atoms with Gasteiger partial charge in [0.25, 0.3) is 0 Å². The van der Waals surface area contributed by atoms with Gasteiger partial charge in [0.15, 0.2) is 18.9 Å². The van der Waals surface area contributed by atoms with Gasteiger partial charge in [0.1, 0.15) is 73.1 Å². The second-order valence-electron chi connectivity index (χ2n) is 9.81. The molecule has 0 aromatic heterocycles. The van der Waals surface area contributed by atoms with Crippen LogP contribution in [0.4, 0.5) is 0 Å². The van der Waals surface area contributed by atoms with Crippen LogP contribution in [-0.2, 0) is 33.3 Å². The summed E-state index contributed by atoms with van der Waals surface area (Å²) in [6.07, 6.45) is -21.6. The van der Waals surface area contributed by atoms with Gasteiger partial charge in [-0.15, -0.1) is 0 Å². The lowest BCUT2D eigenvalue weighted by atomic mass is 9.94. The van der Waals surface area contributed by atoms with Crippen molar-refractivity contribution in [1.29, 1.82) is 0 Å². The Morgan fingerprint density at radius 1 is 0.600 bits per heavy atom. The standard InChI is InChI=1S/C22H38N2O16/c1-6(28)23-11-16(33)13(30)8(3-25)37-21(11)40-19-17(34)14(31)9(4-26)38-22(19)39-18-12(24-7(2)29)20(35)36-10(5-27)15(18)32/h8-22,25-27,30-35H,3-5H2,1-2H3,(H,23,28)(H,24,29)/t8-,9-,10-,11-,12-,13-,14+,15+,16-,17+,18-,19-,20-,21+,22+/m1/s1. The zero-order valence-electron chi connectivity index (χ0n) is 21.7. The van der Waals surface area contributed by atoms with Crippen LogP contribution in [0.15, 0.2) is 0 Å². The molecule has 18 heteroatoms. The topological polar surface area (TPSA) is 286 Å². The van der Waals surface area contributed by atoms with E-state index in [1.165, 1.54) is 0 Å². The first-order valence-electron chi connectivity index (χ1n) is 12.6. The van der Waals surface area contributed by atoms with E-state index in [9.17, 15) is 55.5 Å². The average molecular weight is 587 g/mol. The van der Waals surface area contributed by atoms with Gasteiger partial charge in [0.05, 0.1) is 19.8 Å². The Bertz CT molecular complexity index is 854. The van der Waals surface area contributed by atoms with Gasteiger partial charge in [0, 0.05) is 13.8 Å².